The molecule has 0 saturated carbocycles. The fourth-order valence-electron chi connectivity index (χ4n) is 1.96. The maximum Gasteiger partial charge on any atom is 0.123 e. The molecule has 0 fully saturated rings. The predicted octanol–water partition coefficient (Wildman–Crippen LogP) is 3.13. The van der Waals surface area contributed by atoms with Gasteiger partial charge in [0.15, 0.2) is 0 Å². The Morgan fingerprint density at radius 2 is 1.90 bits per heavy atom. The number of rotatable bonds is 5. The summed E-state index contributed by atoms with van der Waals surface area (Å²) in [6.45, 7) is 0.738. The Kier molecular flexibility index (Phi) is 4.56. The van der Waals surface area contributed by atoms with Crippen LogP contribution in [0, 0.1) is 17.1 Å². The van der Waals surface area contributed by atoms with Gasteiger partial charge in [0.2, 0.25) is 0 Å². The molecular weight excluding hydrogens is 253 g/mol. The van der Waals surface area contributed by atoms with Crippen molar-refractivity contribution in [2.24, 2.45) is 0 Å². The molecule has 0 aromatic heterocycles. The van der Waals surface area contributed by atoms with Crippen LogP contribution in [0.1, 0.15) is 11.1 Å². The monoisotopic (exact) mass is 269 g/mol. The normalized spacial score (nSPS) is 10.0. The Balaban J connectivity index is 1.92. The highest BCUT2D eigenvalue weighted by Crippen LogP contribution is 2.18. The lowest BCUT2D eigenvalue weighted by Gasteiger charge is -2.09. The van der Waals surface area contributed by atoms with E-state index < -0.39 is 0 Å². The topological polar surface area (TPSA) is 61.8 Å². The molecular formula is C16H16FN3. The SMILES string of the molecule is N#CCc1cc(NCCc2ccc(F)cc2)ccc1N. The summed E-state index contributed by atoms with van der Waals surface area (Å²) in [7, 11) is 0. The quantitative estimate of drug-likeness (QED) is 0.820. The van der Waals surface area contributed by atoms with Crippen molar-refractivity contribution in [3.8, 4) is 6.07 Å². The molecule has 2 rings (SSSR count). The van der Waals surface area contributed by atoms with E-state index >= 15 is 0 Å². The molecule has 0 heterocycles. The Hall–Kier alpha value is -2.54. The molecule has 0 radical (unpaired) electrons. The van der Waals surface area contributed by atoms with E-state index in [0.29, 0.717) is 12.1 Å². The number of hydrogen-bond acceptors (Lipinski definition) is 3. The molecule has 0 bridgehead atoms. The van der Waals surface area contributed by atoms with Gasteiger partial charge in [0.05, 0.1) is 12.5 Å². The third kappa shape index (κ3) is 3.72. The molecule has 2 aromatic rings. The summed E-state index contributed by atoms with van der Waals surface area (Å²) in [6, 6.07) is 14.2. The van der Waals surface area contributed by atoms with Gasteiger partial charge in [-0.25, -0.2) is 4.39 Å². The van der Waals surface area contributed by atoms with Crippen molar-refractivity contribution in [1.82, 2.24) is 0 Å². The number of nitrogens with zero attached hydrogens (tertiary/aromatic N) is 1. The third-order valence-electron chi connectivity index (χ3n) is 3.07. The van der Waals surface area contributed by atoms with E-state index in [2.05, 4.69) is 11.4 Å². The Labute approximate surface area is 117 Å². The number of halogens is 1. The van der Waals surface area contributed by atoms with Gasteiger partial charge >= 0.3 is 0 Å². The van der Waals surface area contributed by atoms with Crippen LogP contribution in [0.3, 0.4) is 0 Å². The van der Waals surface area contributed by atoms with Gasteiger partial charge in [-0.2, -0.15) is 5.26 Å². The van der Waals surface area contributed by atoms with Gasteiger partial charge in [-0.15, -0.1) is 0 Å². The van der Waals surface area contributed by atoms with E-state index in [1.54, 1.807) is 18.2 Å². The lowest BCUT2D eigenvalue weighted by atomic mass is 10.1. The van der Waals surface area contributed by atoms with Crippen LogP contribution < -0.4 is 11.1 Å². The molecule has 0 spiro atoms. The van der Waals surface area contributed by atoms with Crippen molar-refractivity contribution in [2.75, 3.05) is 17.6 Å². The summed E-state index contributed by atoms with van der Waals surface area (Å²) >= 11 is 0. The molecule has 0 aliphatic rings. The molecule has 0 aliphatic heterocycles. The third-order valence-corrected chi connectivity index (χ3v) is 3.07. The first-order valence-corrected chi connectivity index (χ1v) is 6.42. The van der Waals surface area contributed by atoms with Crippen LogP contribution in [0.25, 0.3) is 0 Å². The maximum atomic E-state index is 12.8. The molecule has 4 heteroatoms. The fraction of sp³-hybridized carbons (Fsp3) is 0.188. The molecule has 0 atom stereocenters. The average molecular weight is 269 g/mol. The summed E-state index contributed by atoms with van der Waals surface area (Å²) in [5.41, 5.74) is 9.27. The maximum absolute atomic E-state index is 12.8. The standard InChI is InChI=1S/C16H16FN3/c17-14-3-1-12(2-4-14)8-10-20-15-5-6-16(19)13(11-15)7-9-18/h1-6,11,20H,7-8,10,19H2. The van der Waals surface area contributed by atoms with Crippen LogP contribution in [-0.2, 0) is 12.8 Å². The first kappa shape index (κ1) is 13.9. The average Bonchev–Trinajstić information content (AvgIpc) is 2.45. The molecule has 2 aromatic carbocycles. The lowest BCUT2D eigenvalue weighted by molar-refractivity contribution is 0.627. The fourth-order valence-corrected chi connectivity index (χ4v) is 1.96. The molecule has 3 nitrogen and oxygen atoms in total. The minimum atomic E-state index is -0.221. The van der Waals surface area contributed by atoms with Crippen LogP contribution in [-0.4, -0.2) is 6.54 Å². The van der Waals surface area contributed by atoms with Gasteiger partial charge in [-0.3, -0.25) is 0 Å². The van der Waals surface area contributed by atoms with E-state index in [1.165, 1.54) is 12.1 Å². The van der Waals surface area contributed by atoms with Crippen molar-refractivity contribution in [3.05, 3.63) is 59.4 Å². The lowest BCUT2D eigenvalue weighted by Crippen LogP contribution is -2.05. The van der Waals surface area contributed by atoms with Crippen LogP contribution in [0.15, 0.2) is 42.5 Å². The highest BCUT2D eigenvalue weighted by molar-refractivity contribution is 5.58. The van der Waals surface area contributed by atoms with Crippen LogP contribution in [0.2, 0.25) is 0 Å². The van der Waals surface area contributed by atoms with Crippen LogP contribution in [0.5, 0.6) is 0 Å². The summed E-state index contributed by atoms with van der Waals surface area (Å²) in [5, 5.41) is 12.0. The summed E-state index contributed by atoms with van der Waals surface area (Å²) in [6.07, 6.45) is 1.11. The number of nitrogens with one attached hydrogen (secondary N) is 1. The van der Waals surface area contributed by atoms with Crippen molar-refractivity contribution in [1.29, 1.82) is 5.26 Å². The molecule has 102 valence electrons. The predicted molar refractivity (Wildman–Crippen MR) is 78.8 cm³/mol. The van der Waals surface area contributed by atoms with E-state index in [1.807, 2.05) is 12.1 Å². The number of nitrogen functional groups attached to an aromatic ring is 1. The minimum absolute atomic E-state index is 0.221. The number of benzene rings is 2. The summed E-state index contributed by atoms with van der Waals surface area (Å²) in [4.78, 5) is 0. The van der Waals surface area contributed by atoms with Crippen molar-refractivity contribution >= 4 is 11.4 Å². The highest BCUT2D eigenvalue weighted by Gasteiger charge is 2.01. The second-order valence-corrected chi connectivity index (χ2v) is 4.55. The second kappa shape index (κ2) is 6.58. The molecule has 0 unspecified atom stereocenters. The van der Waals surface area contributed by atoms with Gasteiger partial charge in [-0.05, 0) is 47.9 Å². The number of nitriles is 1. The molecule has 0 saturated heterocycles. The Morgan fingerprint density at radius 3 is 2.60 bits per heavy atom. The van der Waals surface area contributed by atoms with Gasteiger partial charge in [-0.1, -0.05) is 12.1 Å². The number of anilines is 2. The number of nitrogens with two attached hydrogens (primary N) is 1. The zero-order chi connectivity index (χ0) is 14.4. The first-order chi connectivity index (χ1) is 9.69. The smallest absolute Gasteiger partial charge is 0.123 e. The van der Waals surface area contributed by atoms with Gasteiger partial charge in [0, 0.05) is 17.9 Å². The first-order valence-electron chi connectivity index (χ1n) is 6.42. The molecule has 0 aliphatic carbocycles. The Morgan fingerprint density at radius 1 is 1.15 bits per heavy atom. The number of hydrogen-bond donors (Lipinski definition) is 2. The molecule has 20 heavy (non-hydrogen) atoms. The van der Waals surface area contributed by atoms with Gasteiger partial charge in [0.25, 0.3) is 0 Å². The van der Waals surface area contributed by atoms with Crippen LogP contribution >= 0.6 is 0 Å². The van der Waals surface area contributed by atoms with Crippen molar-refractivity contribution in [3.63, 3.8) is 0 Å². The van der Waals surface area contributed by atoms with Gasteiger partial charge in [0.1, 0.15) is 5.82 Å². The van der Waals surface area contributed by atoms with Gasteiger partial charge < -0.3 is 11.1 Å². The minimum Gasteiger partial charge on any atom is -0.398 e. The Bertz CT molecular complexity index is 615. The molecule has 3 N–H and O–H groups in total. The van der Waals surface area contributed by atoms with Crippen LogP contribution in [0.4, 0.5) is 15.8 Å². The largest absolute Gasteiger partial charge is 0.398 e. The van der Waals surface area contributed by atoms with E-state index in [9.17, 15) is 4.39 Å². The summed E-state index contributed by atoms with van der Waals surface area (Å²) in [5.74, 6) is -0.221. The van der Waals surface area contributed by atoms with E-state index in [4.69, 9.17) is 11.0 Å². The summed E-state index contributed by atoms with van der Waals surface area (Å²) < 4.78 is 12.8. The molecule has 0 amide bonds. The van der Waals surface area contributed by atoms with E-state index in [0.717, 1.165) is 29.8 Å². The zero-order valence-corrected chi connectivity index (χ0v) is 11.1. The highest BCUT2D eigenvalue weighted by atomic mass is 19.1. The van der Waals surface area contributed by atoms with Crippen molar-refractivity contribution in [2.45, 2.75) is 12.8 Å². The zero-order valence-electron chi connectivity index (χ0n) is 11.1. The second-order valence-electron chi connectivity index (χ2n) is 4.55. The van der Waals surface area contributed by atoms with Crippen molar-refractivity contribution < 1.29 is 4.39 Å². The van der Waals surface area contributed by atoms with E-state index in [-0.39, 0.29) is 5.82 Å².